The molecule has 0 aliphatic carbocycles. The maximum absolute atomic E-state index is 12.8. The fraction of sp³-hybridized carbons (Fsp3) is 0.182. The van der Waals surface area contributed by atoms with Crippen molar-refractivity contribution in [2.24, 2.45) is 0 Å². The molecule has 10 N–H and O–H groups in total. The maximum Gasteiger partial charge on any atom is 0.199 e. The number of nitrogen functional groups attached to an aromatic ring is 5. The summed E-state index contributed by atoms with van der Waals surface area (Å²) in [6, 6.07) is 56.1. The third-order valence-electron chi connectivity index (χ3n) is 21.1. The molecule has 41 heteroatoms. The zero-order valence-corrected chi connectivity index (χ0v) is 85.1. The molecule has 4 aromatic carbocycles. The van der Waals surface area contributed by atoms with Crippen molar-refractivity contribution >= 4 is 202 Å². The van der Waals surface area contributed by atoms with E-state index in [1.165, 1.54) is 68.0 Å². The third-order valence-corrected chi connectivity index (χ3v) is 36.4. The number of methoxy groups -OCH3 is 3. The van der Waals surface area contributed by atoms with E-state index < -0.39 is 54.0 Å². The van der Waals surface area contributed by atoms with Crippen molar-refractivity contribution in [3.63, 3.8) is 0 Å². The number of aromatic nitrogens is 17. The smallest absolute Gasteiger partial charge is 0.199 e. The van der Waals surface area contributed by atoms with Gasteiger partial charge in [-0.2, -0.15) is 0 Å². The van der Waals surface area contributed by atoms with E-state index >= 15 is 0 Å². The molecular formula is C99H92N22O8S11. The molecule has 0 bridgehead atoms. The molecule has 0 aliphatic rings. The molecule has 4 unspecified atom stereocenters. The number of thiophene rings is 5. The Morgan fingerprint density at radius 3 is 0.829 bits per heavy atom. The summed E-state index contributed by atoms with van der Waals surface area (Å²) in [5, 5.41) is 5.65. The van der Waals surface area contributed by atoms with Crippen molar-refractivity contribution in [3.8, 4) is 114 Å². The van der Waals surface area contributed by atoms with Gasteiger partial charge in [-0.05, 0) is 73.9 Å². The highest BCUT2D eigenvalue weighted by atomic mass is 32.2. The van der Waals surface area contributed by atoms with Crippen molar-refractivity contribution < 1.29 is 35.3 Å². The standard InChI is InChI=1S/C21H20N4O2S2.C21H20N4OS2.C20H18N4O2S2.C19H17N5O2S2.C18H17N5OS3/c1-27-11-6-12-29(26)21-17(22)16-18(14-7-3-2-4-8-14)24-19(25-20(16)28-21)15-9-5-10-23-13-15;1-2-3-12-28(26)21-17(22)16-18(14-8-5-4-6-9-14)24-19(25-20(16)27-21)15-10-7-11-23-13-15;1-26-10-11-28(25)20-16(21)15-17(13-6-3-2-4-7-13)23-18(24-19(15)27-20)14-8-5-9-22-12-14;1-26-10-11-28(25)19-14(20)13-15(12-6-3-2-4-7-12)23-17(24-18(13)27-19)16-21-8-5-9-22-16;1-2-3-7-27(24)18-14(19)13-15(12-9-25-10-21-12)22-16(23-17(13)26-18)11-5-4-6-20-8-11/h2-5,7-10,13H,6,11-12,22H2,1H3;4-11,13H,2-3,12,22H2,1H3;2-9,12H,10-11,21H2,1H3;2-9H,10-11,20H2,1H3;4-6,8-10H,2-3,7,19H2,1H3/t;28-;;;/m.0.../s1. The van der Waals surface area contributed by atoms with Gasteiger partial charge in [-0.15, -0.1) is 68.0 Å². The molecule has 0 saturated heterocycles. The van der Waals surface area contributed by atoms with E-state index in [9.17, 15) is 21.0 Å². The first kappa shape index (κ1) is 100. The van der Waals surface area contributed by atoms with Crippen LogP contribution < -0.4 is 28.7 Å². The molecule has 0 aliphatic heterocycles. The lowest BCUT2D eigenvalue weighted by molar-refractivity contribution is 0.200. The molecule has 0 saturated carbocycles. The van der Waals surface area contributed by atoms with Gasteiger partial charge in [0, 0.05) is 157 Å². The Morgan fingerprint density at radius 2 is 0.550 bits per heavy atom. The number of ether oxygens (including phenoxy) is 3. The van der Waals surface area contributed by atoms with Gasteiger partial charge in [-0.3, -0.25) is 41.0 Å². The number of hydrogen-bond acceptors (Lipinski definition) is 36. The van der Waals surface area contributed by atoms with Crippen LogP contribution in [0.2, 0.25) is 0 Å². The number of nitrogens with zero attached hydrogens (tertiary/aromatic N) is 17. The van der Waals surface area contributed by atoms with Crippen molar-refractivity contribution in [1.82, 2.24) is 84.7 Å². The van der Waals surface area contributed by atoms with Crippen molar-refractivity contribution in [1.29, 1.82) is 0 Å². The van der Waals surface area contributed by atoms with Crippen LogP contribution in [0.3, 0.4) is 0 Å². The van der Waals surface area contributed by atoms with Gasteiger partial charge in [0.2, 0.25) is 0 Å². The molecule has 0 amide bonds. The molecule has 140 heavy (non-hydrogen) atoms. The Hall–Kier alpha value is -13.0. The monoisotopic (exact) mass is 2070 g/mol. The van der Waals surface area contributed by atoms with Gasteiger partial charge in [-0.25, -0.2) is 64.8 Å². The number of rotatable bonds is 31. The molecule has 0 radical (unpaired) electrons. The molecule has 16 heterocycles. The zero-order valence-electron chi connectivity index (χ0n) is 76.1. The Morgan fingerprint density at radius 1 is 0.279 bits per heavy atom. The molecule has 0 fully saturated rings. The van der Waals surface area contributed by atoms with E-state index in [1.807, 2.05) is 175 Å². The minimum absolute atomic E-state index is 0.371. The number of unbranched alkanes of at least 4 members (excludes halogenated alkanes) is 2. The van der Waals surface area contributed by atoms with Crippen molar-refractivity contribution in [3.05, 3.63) is 249 Å². The summed E-state index contributed by atoms with van der Waals surface area (Å²) in [7, 11) is -1.20. The van der Waals surface area contributed by atoms with E-state index in [-0.39, 0.29) is 0 Å². The second-order valence-electron chi connectivity index (χ2n) is 30.6. The maximum atomic E-state index is 12.8. The van der Waals surface area contributed by atoms with E-state index in [1.54, 1.807) is 94.9 Å². The summed E-state index contributed by atoms with van der Waals surface area (Å²) in [4.78, 5) is 80.5. The number of pyridine rings is 4. The molecular weight excluding hydrogens is 1980 g/mol. The summed E-state index contributed by atoms with van der Waals surface area (Å²) in [6.07, 6.45) is 21.6. The zero-order chi connectivity index (χ0) is 97.5. The van der Waals surface area contributed by atoms with Gasteiger partial charge in [-0.1, -0.05) is 148 Å². The quantitative estimate of drug-likeness (QED) is 0.0252. The van der Waals surface area contributed by atoms with Crippen LogP contribution in [0.15, 0.2) is 270 Å². The first-order valence-corrected chi connectivity index (χ1v) is 55.4. The Balaban J connectivity index is 0.000000126. The summed E-state index contributed by atoms with van der Waals surface area (Å²) in [6.45, 7) is 5.53. The molecule has 0 spiro atoms. The number of nitrogens with two attached hydrogens (primary N) is 5. The van der Waals surface area contributed by atoms with Gasteiger partial charge < -0.3 is 42.9 Å². The first-order chi connectivity index (χ1) is 68.4. The summed E-state index contributed by atoms with van der Waals surface area (Å²) in [5.74, 6) is 5.58. The van der Waals surface area contributed by atoms with Gasteiger partial charge >= 0.3 is 0 Å². The van der Waals surface area contributed by atoms with Crippen LogP contribution in [0.5, 0.6) is 0 Å². The molecule has 712 valence electrons. The predicted molar refractivity (Wildman–Crippen MR) is 572 cm³/mol. The number of thiazole rings is 1. The molecule has 16 aromatic heterocycles. The fourth-order valence-electron chi connectivity index (χ4n) is 14.3. The highest BCUT2D eigenvalue weighted by Gasteiger charge is 2.30. The molecule has 30 nitrogen and oxygen atoms in total. The summed E-state index contributed by atoms with van der Waals surface area (Å²) >= 11 is 8.31. The number of benzene rings is 4. The number of anilines is 5. The second-order valence-corrected chi connectivity index (χ2v) is 45.1. The number of hydrogen-bond donors (Lipinski definition) is 5. The van der Waals surface area contributed by atoms with Crippen LogP contribution in [0.25, 0.3) is 165 Å². The van der Waals surface area contributed by atoms with E-state index in [4.69, 9.17) is 82.8 Å². The minimum atomic E-state index is -1.27. The van der Waals surface area contributed by atoms with Crippen LogP contribution in [-0.2, 0) is 68.2 Å². The van der Waals surface area contributed by atoms with E-state index in [0.29, 0.717) is 166 Å². The fourth-order valence-corrected chi connectivity index (χ4v) is 28.0. The molecule has 5 atom stereocenters. The lowest BCUT2D eigenvalue weighted by Gasteiger charge is -2.07. The topological polar surface area (TPSA) is 462 Å². The minimum Gasteiger partial charge on any atom is -0.396 e. The Bertz CT molecular complexity index is 7320. The van der Waals surface area contributed by atoms with Crippen LogP contribution in [0.4, 0.5) is 28.4 Å². The summed E-state index contributed by atoms with van der Waals surface area (Å²) in [5.41, 5.74) is 47.7. The lowest BCUT2D eigenvalue weighted by Crippen LogP contribution is -2.04. The van der Waals surface area contributed by atoms with Crippen molar-refractivity contribution in [2.75, 3.05) is 98.6 Å². The Kier molecular flexibility index (Phi) is 34.5. The first-order valence-electron chi connectivity index (χ1n) is 43.8. The highest BCUT2D eigenvalue weighted by Crippen LogP contribution is 2.48. The lowest BCUT2D eigenvalue weighted by atomic mass is 10.1. The third kappa shape index (κ3) is 23.3. The predicted octanol–water partition coefficient (Wildman–Crippen LogP) is 20.3. The van der Waals surface area contributed by atoms with Crippen LogP contribution in [-0.4, -0.2) is 176 Å². The van der Waals surface area contributed by atoms with Gasteiger partial charge in [0.25, 0.3) is 0 Å². The second kappa shape index (κ2) is 48.3. The molecule has 20 aromatic rings. The summed E-state index contributed by atoms with van der Waals surface area (Å²) < 4.78 is 82.1. The van der Waals surface area contributed by atoms with Crippen LogP contribution in [0, 0.1) is 0 Å². The van der Waals surface area contributed by atoms with E-state index in [2.05, 4.69) is 58.7 Å². The average molecular weight is 2070 g/mol. The van der Waals surface area contributed by atoms with Gasteiger partial charge in [0.15, 0.2) is 34.9 Å². The normalized spacial score (nSPS) is 12.3. The van der Waals surface area contributed by atoms with Gasteiger partial charge in [0.05, 0.1) is 162 Å². The van der Waals surface area contributed by atoms with Crippen LogP contribution in [0.1, 0.15) is 46.0 Å². The van der Waals surface area contributed by atoms with Crippen LogP contribution >= 0.6 is 68.0 Å². The average Bonchev–Trinajstić information content (AvgIpc) is 1.63. The highest BCUT2D eigenvalue weighted by molar-refractivity contribution is 7.89. The SMILES string of the molecule is CCCCS(=O)c1sc2nc(-c3cccnc3)nc(-c3cscn3)c2c1N.CCCC[S@](=O)c1sc2nc(-c3cccnc3)nc(-c3ccccc3)c2c1N.COCCCS(=O)c1sc2nc(-c3cccnc3)nc(-c3ccccc3)c2c1N.COCCS(=O)c1sc2nc(-c3cccnc3)nc(-c3ccccc3)c2c1N.COCCS(=O)c1sc2nc(-c3ncccn3)nc(-c3ccccc3)c2c1N. The number of fused-ring (bicyclic) bond motifs is 5. The van der Waals surface area contributed by atoms with Crippen molar-refractivity contribution in [2.45, 2.75) is 67.0 Å². The largest absolute Gasteiger partial charge is 0.396 e. The van der Waals surface area contributed by atoms with Gasteiger partial charge in [0.1, 0.15) is 56.6 Å². The Labute approximate surface area is 842 Å². The molecule has 20 rings (SSSR count). The van der Waals surface area contributed by atoms with E-state index in [0.717, 1.165) is 129 Å².